The summed E-state index contributed by atoms with van der Waals surface area (Å²) in [5.74, 6) is -1.53. The number of benzene rings is 1. The number of nitrogens with one attached hydrogen (secondary N) is 1. The number of ether oxygens (including phenoxy) is 1. The lowest BCUT2D eigenvalue weighted by atomic mass is 10.2. The molecule has 1 aliphatic heterocycles. The van der Waals surface area contributed by atoms with E-state index in [-0.39, 0.29) is 0 Å². The molecule has 15 heavy (non-hydrogen) atoms. The minimum absolute atomic E-state index is 0.423. The molecule has 5 nitrogen and oxygen atoms in total. The van der Waals surface area contributed by atoms with Crippen LogP contribution >= 0.6 is 0 Å². The molecule has 0 aromatic heterocycles. The molecular formula is C10H9NO4. The van der Waals surface area contributed by atoms with Crippen LogP contribution in [0.15, 0.2) is 30.3 Å². The van der Waals surface area contributed by atoms with Crippen LogP contribution in [-0.2, 0) is 14.3 Å². The van der Waals surface area contributed by atoms with E-state index in [2.05, 4.69) is 5.32 Å². The maximum atomic E-state index is 11.4. The Bertz CT molecular complexity index is 390. The monoisotopic (exact) mass is 207 g/mol. The van der Waals surface area contributed by atoms with Gasteiger partial charge in [-0.1, -0.05) is 18.2 Å². The van der Waals surface area contributed by atoms with E-state index in [1.54, 1.807) is 24.3 Å². The molecule has 0 bridgehead atoms. The van der Waals surface area contributed by atoms with Crippen LogP contribution in [0, 0.1) is 0 Å². The van der Waals surface area contributed by atoms with Crippen LogP contribution in [-0.4, -0.2) is 29.2 Å². The number of para-hydroxylation sites is 1. The van der Waals surface area contributed by atoms with Crippen molar-refractivity contribution in [2.24, 2.45) is 0 Å². The Morgan fingerprint density at radius 1 is 1.20 bits per heavy atom. The van der Waals surface area contributed by atoms with Crippen molar-refractivity contribution in [2.75, 3.05) is 5.32 Å². The van der Waals surface area contributed by atoms with E-state index in [0.717, 1.165) is 0 Å². The van der Waals surface area contributed by atoms with Crippen LogP contribution < -0.4 is 5.32 Å². The van der Waals surface area contributed by atoms with E-state index in [1.165, 1.54) is 0 Å². The molecule has 1 saturated heterocycles. The average Bonchev–Trinajstić information content (AvgIpc) is 2.98. The summed E-state index contributed by atoms with van der Waals surface area (Å²) in [5.41, 5.74) is 0.627. The summed E-state index contributed by atoms with van der Waals surface area (Å²) in [7, 11) is 0. The van der Waals surface area contributed by atoms with Gasteiger partial charge in [-0.15, -0.1) is 0 Å². The van der Waals surface area contributed by atoms with Crippen molar-refractivity contribution >= 4 is 17.6 Å². The molecule has 0 spiro atoms. The number of anilines is 1. The maximum Gasteiger partial charge on any atom is 0.336 e. The zero-order valence-electron chi connectivity index (χ0n) is 7.71. The molecule has 1 heterocycles. The first-order valence-electron chi connectivity index (χ1n) is 4.42. The van der Waals surface area contributed by atoms with E-state index in [4.69, 9.17) is 9.84 Å². The summed E-state index contributed by atoms with van der Waals surface area (Å²) in [6.45, 7) is 0. The minimum atomic E-state index is -1.11. The van der Waals surface area contributed by atoms with E-state index in [1.807, 2.05) is 6.07 Å². The molecule has 78 valence electrons. The third-order valence-corrected chi connectivity index (χ3v) is 2.03. The molecule has 5 heteroatoms. The van der Waals surface area contributed by atoms with Crippen LogP contribution in [0.25, 0.3) is 0 Å². The van der Waals surface area contributed by atoms with E-state index < -0.39 is 24.1 Å². The van der Waals surface area contributed by atoms with Gasteiger partial charge in [0.25, 0.3) is 5.91 Å². The number of epoxide rings is 1. The number of hydrogen-bond donors (Lipinski definition) is 2. The van der Waals surface area contributed by atoms with Gasteiger partial charge in [0, 0.05) is 5.69 Å². The number of aliphatic carboxylic acids is 1. The fourth-order valence-electron chi connectivity index (χ4n) is 1.23. The third kappa shape index (κ3) is 2.13. The van der Waals surface area contributed by atoms with Crippen molar-refractivity contribution in [1.82, 2.24) is 0 Å². The van der Waals surface area contributed by atoms with Crippen LogP contribution in [0.1, 0.15) is 0 Å². The van der Waals surface area contributed by atoms with E-state index in [0.29, 0.717) is 5.69 Å². The van der Waals surface area contributed by atoms with Crippen LogP contribution in [0.5, 0.6) is 0 Å². The predicted octanol–water partition coefficient (Wildman–Crippen LogP) is 0.477. The Kier molecular flexibility index (Phi) is 2.39. The van der Waals surface area contributed by atoms with Crippen molar-refractivity contribution in [3.05, 3.63) is 30.3 Å². The number of carbonyl (C=O) groups is 2. The highest BCUT2D eigenvalue weighted by atomic mass is 16.6. The molecule has 2 N–H and O–H groups in total. The Balaban J connectivity index is 1.92. The second kappa shape index (κ2) is 3.70. The van der Waals surface area contributed by atoms with Gasteiger partial charge in [-0.2, -0.15) is 0 Å². The summed E-state index contributed by atoms with van der Waals surface area (Å²) >= 11 is 0. The van der Waals surface area contributed by atoms with Gasteiger partial charge in [-0.25, -0.2) is 4.79 Å². The fraction of sp³-hybridized carbons (Fsp3) is 0.200. The molecular weight excluding hydrogens is 198 g/mol. The van der Waals surface area contributed by atoms with E-state index in [9.17, 15) is 9.59 Å². The maximum absolute atomic E-state index is 11.4. The van der Waals surface area contributed by atoms with Gasteiger partial charge in [0.1, 0.15) is 0 Å². The van der Waals surface area contributed by atoms with Crippen LogP contribution in [0.4, 0.5) is 5.69 Å². The first-order chi connectivity index (χ1) is 7.18. The predicted molar refractivity (Wildman–Crippen MR) is 51.4 cm³/mol. The molecule has 1 aromatic carbocycles. The number of amides is 1. The Hall–Kier alpha value is -1.88. The average molecular weight is 207 g/mol. The highest BCUT2D eigenvalue weighted by Gasteiger charge is 2.50. The largest absolute Gasteiger partial charge is 0.479 e. The normalized spacial score (nSPS) is 23.2. The number of hydrogen-bond acceptors (Lipinski definition) is 3. The first-order valence-corrected chi connectivity index (χ1v) is 4.42. The molecule has 0 saturated carbocycles. The Labute approximate surface area is 85.7 Å². The molecule has 0 aliphatic carbocycles. The van der Waals surface area contributed by atoms with E-state index >= 15 is 0 Å². The number of carboxylic acids is 1. The van der Waals surface area contributed by atoms with Crippen LogP contribution in [0.2, 0.25) is 0 Å². The molecule has 1 fully saturated rings. The van der Waals surface area contributed by atoms with Crippen molar-refractivity contribution in [2.45, 2.75) is 12.2 Å². The van der Waals surface area contributed by atoms with Crippen molar-refractivity contribution in [1.29, 1.82) is 0 Å². The van der Waals surface area contributed by atoms with Gasteiger partial charge in [0.15, 0.2) is 12.2 Å². The van der Waals surface area contributed by atoms with Crippen molar-refractivity contribution < 1.29 is 19.4 Å². The van der Waals surface area contributed by atoms with Gasteiger partial charge in [-0.3, -0.25) is 4.79 Å². The highest BCUT2D eigenvalue weighted by Crippen LogP contribution is 2.23. The topological polar surface area (TPSA) is 78.9 Å². The van der Waals surface area contributed by atoms with Gasteiger partial charge in [0.2, 0.25) is 0 Å². The summed E-state index contributed by atoms with van der Waals surface area (Å²) < 4.78 is 4.70. The Morgan fingerprint density at radius 2 is 1.87 bits per heavy atom. The lowest BCUT2D eigenvalue weighted by molar-refractivity contribution is -0.138. The highest BCUT2D eigenvalue weighted by molar-refractivity contribution is 6.00. The standard InChI is InChI=1S/C10H9NO4/c12-9(7-8(15-7)10(13)14)11-6-4-2-1-3-5-6/h1-5,7-8H,(H,11,12)(H,13,14)/t7-,8-/m0/s1. The summed E-state index contributed by atoms with van der Waals surface area (Å²) in [4.78, 5) is 21.8. The van der Waals surface area contributed by atoms with Gasteiger partial charge < -0.3 is 15.2 Å². The molecule has 0 unspecified atom stereocenters. The molecule has 1 aliphatic rings. The summed E-state index contributed by atoms with van der Waals surface area (Å²) in [6, 6.07) is 8.81. The molecule has 1 aromatic rings. The number of carbonyl (C=O) groups excluding carboxylic acids is 1. The summed E-state index contributed by atoms with van der Waals surface area (Å²) in [5, 5.41) is 11.1. The van der Waals surface area contributed by atoms with Crippen molar-refractivity contribution in [3.63, 3.8) is 0 Å². The molecule has 1 amide bonds. The second-order valence-corrected chi connectivity index (χ2v) is 3.17. The third-order valence-electron chi connectivity index (χ3n) is 2.03. The number of rotatable bonds is 3. The fourth-order valence-corrected chi connectivity index (χ4v) is 1.23. The summed E-state index contributed by atoms with van der Waals surface area (Å²) in [6.07, 6.45) is -1.85. The second-order valence-electron chi connectivity index (χ2n) is 3.17. The SMILES string of the molecule is O=C(O)[C@H]1O[C@@H]1C(=O)Nc1ccccc1. The van der Waals surface area contributed by atoms with Crippen LogP contribution in [0.3, 0.4) is 0 Å². The van der Waals surface area contributed by atoms with Gasteiger partial charge >= 0.3 is 5.97 Å². The lowest BCUT2D eigenvalue weighted by Crippen LogP contribution is -2.22. The first kappa shape index (κ1) is 9.67. The molecule has 2 rings (SSSR count). The van der Waals surface area contributed by atoms with Crippen molar-refractivity contribution in [3.8, 4) is 0 Å². The van der Waals surface area contributed by atoms with Gasteiger partial charge in [-0.05, 0) is 12.1 Å². The van der Waals surface area contributed by atoms with Gasteiger partial charge in [0.05, 0.1) is 0 Å². The number of carboxylic acid groups (broad SMARTS) is 1. The molecule has 2 atom stereocenters. The quantitative estimate of drug-likeness (QED) is 0.706. The molecule has 0 radical (unpaired) electrons. The minimum Gasteiger partial charge on any atom is -0.479 e. The zero-order chi connectivity index (χ0) is 10.8. The smallest absolute Gasteiger partial charge is 0.336 e. The zero-order valence-corrected chi connectivity index (χ0v) is 7.71. The lowest BCUT2D eigenvalue weighted by Gasteiger charge is -2.01. The Morgan fingerprint density at radius 3 is 2.40 bits per heavy atom.